The average molecular weight is 239 g/mol. The molecule has 86 valence electrons. The first-order valence-corrected chi connectivity index (χ1v) is 5.13. The molecule has 6 heteroatoms. The zero-order valence-corrected chi connectivity index (χ0v) is 9.64. The summed E-state index contributed by atoms with van der Waals surface area (Å²) >= 11 is 4.63. The summed E-state index contributed by atoms with van der Waals surface area (Å²) in [6, 6.07) is 6.75. The number of rotatable bonds is 4. The van der Waals surface area contributed by atoms with Crippen LogP contribution >= 0.6 is 12.2 Å². The van der Waals surface area contributed by atoms with E-state index < -0.39 is 0 Å². The molecule has 5 nitrogen and oxygen atoms in total. The van der Waals surface area contributed by atoms with Gasteiger partial charge in [-0.25, -0.2) is 4.79 Å². The number of benzene rings is 1. The van der Waals surface area contributed by atoms with Crippen molar-refractivity contribution in [3.8, 4) is 0 Å². The van der Waals surface area contributed by atoms with Crippen molar-refractivity contribution in [1.82, 2.24) is 5.43 Å². The van der Waals surface area contributed by atoms with Crippen LogP contribution in [0.5, 0.6) is 0 Å². The molecule has 0 saturated carbocycles. The molecular weight excluding hydrogens is 226 g/mol. The lowest BCUT2D eigenvalue weighted by atomic mass is 10.2. The molecule has 16 heavy (non-hydrogen) atoms. The van der Waals surface area contributed by atoms with Crippen LogP contribution in [0.1, 0.15) is 17.3 Å². The molecule has 0 aliphatic carbocycles. The van der Waals surface area contributed by atoms with Gasteiger partial charge < -0.3 is 10.5 Å². The molecule has 0 aliphatic heterocycles. The summed E-state index contributed by atoms with van der Waals surface area (Å²) < 4.78 is 4.85. The zero-order valence-electron chi connectivity index (χ0n) is 8.82. The molecule has 0 heterocycles. The van der Waals surface area contributed by atoms with E-state index in [-0.39, 0.29) is 11.1 Å². The third-order valence-corrected chi connectivity index (χ3v) is 1.83. The van der Waals surface area contributed by atoms with E-state index in [1.165, 1.54) is 0 Å². The fraction of sp³-hybridized carbons (Fsp3) is 0.200. The van der Waals surface area contributed by atoms with Gasteiger partial charge in [-0.3, -0.25) is 10.9 Å². The van der Waals surface area contributed by atoms with Gasteiger partial charge in [-0.15, -0.1) is 0 Å². The highest BCUT2D eigenvalue weighted by Gasteiger charge is 2.04. The smallest absolute Gasteiger partial charge is 0.338 e. The van der Waals surface area contributed by atoms with Gasteiger partial charge in [0.05, 0.1) is 17.9 Å². The summed E-state index contributed by atoms with van der Waals surface area (Å²) in [6.07, 6.45) is 0. The van der Waals surface area contributed by atoms with Crippen molar-refractivity contribution in [2.75, 3.05) is 12.0 Å². The van der Waals surface area contributed by atoms with E-state index in [9.17, 15) is 4.79 Å². The molecule has 0 amide bonds. The normalized spacial score (nSPS) is 9.31. The lowest BCUT2D eigenvalue weighted by Crippen LogP contribution is -2.33. The van der Waals surface area contributed by atoms with Crippen LogP contribution in [0.25, 0.3) is 0 Å². The van der Waals surface area contributed by atoms with E-state index in [2.05, 4.69) is 23.1 Å². The maximum Gasteiger partial charge on any atom is 0.338 e. The summed E-state index contributed by atoms with van der Waals surface area (Å²) in [6.45, 7) is 2.13. The fourth-order valence-corrected chi connectivity index (χ4v) is 1.09. The van der Waals surface area contributed by atoms with Crippen LogP contribution in [-0.2, 0) is 4.74 Å². The number of hydrogen-bond donors (Lipinski definition) is 3. The Hall–Kier alpha value is -1.82. The van der Waals surface area contributed by atoms with E-state index in [1.54, 1.807) is 31.2 Å². The number of carbonyl (C=O) groups excluding carboxylic acids is 1. The molecule has 0 aromatic heterocycles. The Morgan fingerprint density at radius 3 is 2.56 bits per heavy atom. The Bertz CT molecular complexity index is 378. The van der Waals surface area contributed by atoms with E-state index in [4.69, 9.17) is 10.5 Å². The Labute approximate surface area is 98.9 Å². The second kappa shape index (κ2) is 5.92. The largest absolute Gasteiger partial charge is 0.462 e. The number of hydrazine groups is 1. The third-order valence-electron chi connectivity index (χ3n) is 1.73. The van der Waals surface area contributed by atoms with Crippen LogP contribution < -0.4 is 16.6 Å². The number of anilines is 1. The van der Waals surface area contributed by atoms with Crippen molar-refractivity contribution in [1.29, 1.82) is 0 Å². The SMILES string of the molecule is CCOC(=O)c1ccc(NNC(N)=S)cc1. The second-order valence-corrected chi connectivity index (χ2v) is 3.35. The van der Waals surface area contributed by atoms with Crippen LogP contribution in [-0.4, -0.2) is 17.7 Å². The zero-order chi connectivity index (χ0) is 12.0. The molecule has 4 N–H and O–H groups in total. The van der Waals surface area contributed by atoms with Gasteiger partial charge in [0.1, 0.15) is 0 Å². The first-order valence-electron chi connectivity index (χ1n) is 4.72. The van der Waals surface area contributed by atoms with Crippen molar-refractivity contribution in [2.45, 2.75) is 6.92 Å². The topological polar surface area (TPSA) is 76.4 Å². The molecule has 1 aromatic carbocycles. The molecule has 1 rings (SSSR count). The average Bonchev–Trinajstić information content (AvgIpc) is 2.27. The van der Waals surface area contributed by atoms with Crippen LogP contribution in [0.15, 0.2) is 24.3 Å². The predicted molar refractivity (Wildman–Crippen MR) is 65.9 cm³/mol. The Balaban J connectivity index is 2.60. The number of esters is 1. The van der Waals surface area contributed by atoms with Gasteiger partial charge in [-0.2, -0.15) is 0 Å². The van der Waals surface area contributed by atoms with Gasteiger partial charge in [-0.1, -0.05) is 0 Å². The summed E-state index contributed by atoms with van der Waals surface area (Å²) in [5.74, 6) is -0.337. The minimum Gasteiger partial charge on any atom is -0.462 e. The Kier molecular flexibility index (Phi) is 4.53. The van der Waals surface area contributed by atoms with Crippen molar-refractivity contribution in [3.05, 3.63) is 29.8 Å². The van der Waals surface area contributed by atoms with Crippen molar-refractivity contribution in [2.24, 2.45) is 5.73 Å². The van der Waals surface area contributed by atoms with E-state index in [1.807, 2.05) is 0 Å². The number of hydrogen-bond acceptors (Lipinski definition) is 4. The number of nitrogens with two attached hydrogens (primary N) is 1. The Morgan fingerprint density at radius 2 is 2.06 bits per heavy atom. The third kappa shape index (κ3) is 3.74. The van der Waals surface area contributed by atoms with Crippen molar-refractivity contribution < 1.29 is 9.53 Å². The van der Waals surface area contributed by atoms with E-state index in [0.29, 0.717) is 12.2 Å². The van der Waals surface area contributed by atoms with Crippen LogP contribution in [0.4, 0.5) is 5.69 Å². The van der Waals surface area contributed by atoms with Crippen LogP contribution in [0, 0.1) is 0 Å². The maximum atomic E-state index is 11.3. The molecule has 0 atom stereocenters. The monoisotopic (exact) mass is 239 g/mol. The molecular formula is C10H13N3O2S. The van der Waals surface area contributed by atoms with Crippen molar-refractivity contribution in [3.63, 3.8) is 0 Å². The molecule has 0 bridgehead atoms. The first kappa shape index (κ1) is 12.3. The summed E-state index contributed by atoms with van der Waals surface area (Å²) in [7, 11) is 0. The predicted octanol–water partition coefficient (Wildman–Crippen LogP) is 1.02. The van der Waals surface area contributed by atoms with Gasteiger partial charge in [0.25, 0.3) is 0 Å². The molecule has 0 spiro atoms. The molecule has 0 fully saturated rings. The highest BCUT2D eigenvalue weighted by Crippen LogP contribution is 2.09. The summed E-state index contributed by atoms with van der Waals surface area (Å²) in [5, 5.41) is 0.148. The van der Waals surface area contributed by atoms with Gasteiger partial charge in [0, 0.05) is 0 Å². The number of ether oxygens (including phenoxy) is 1. The minimum absolute atomic E-state index is 0.148. The van der Waals surface area contributed by atoms with E-state index >= 15 is 0 Å². The molecule has 1 aromatic rings. The molecule has 0 aliphatic rings. The van der Waals surface area contributed by atoms with Gasteiger partial charge >= 0.3 is 5.97 Å². The standard InChI is InChI=1S/C10H13N3O2S/c1-2-15-9(14)7-3-5-8(6-4-7)12-13-10(11)16/h3-6,12H,2H2,1H3,(H3,11,13,16). The summed E-state index contributed by atoms with van der Waals surface area (Å²) in [5.41, 5.74) is 11.8. The molecule has 0 saturated heterocycles. The van der Waals surface area contributed by atoms with Gasteiger partial charge in [-0.05, 0) is 43.4 Å². The minimum atomic E-state index is -0.337. The molecule has 0 radical (unpaired) electrons. The quantitative estimate of drug-likeness (QED) is 0.414. The number of thiocarbonyl (C=S) groups is 1. The van der Waals surface area contributed by atoms with Gasteiger partial charge in [0.15, 0.2) is 5.11 Å². The molecule has 0 unspecified atom stereocenters. The highest BCUT2D eigenvalue weighted by molar-refractivity contribution is 7.80. The maximum absolute atomic E-state index is 11.3. The number of nitrogens with one attached hydrogen (secondary N) is 2. The van der Waals surface area contributed by atoms with Crippen molar-refractivity contribution >= 4 is 29.0 Å². The lowest BCUT2D eigenvalue weighted by molar-refractivity contribution is 0.0526. The van der Waals surface area contributed by atoms with Gasteiger partial charge in [0.2, 0.25) is 0 Å². The first-order chi connectivity index (χ1) is 7.63. The van der Waals surface area contributed by atoms with Crippen LogP contribution in [0.3, 0.4) is 0 Å². The van der Waals surface area contributed by atoms with Crippen LogP contribution in [0.2, 0.25) is 0 Å². The Morgan fingerprint density at radius 1 is 1.44 bits per heavy atom. The second-order valence-electron chi connectivity index (χ2n) is 2.91. The highest BCUT2D eigenvalue weighted by atomic mass is 32.1. The lowest BCUT2D eigenvalue weighted by Gasteiger charge is -2.08. The number of carbonyl (C=O) groups is 1. The fourth-order valence-electron chi connectivity index (χ4n) is 1.04. The summed E-state index contributed by atoms with van der Waals surface area (Å²) in [4.78, 5) is 11.3. The van der Waals surface area contributed by atoms with E-state index in [0.717, 1.165) is 5.69 Å².